The van der Waals surface area contributed by atoms with E-state index in [1.165, 1.54) is 4.88 Å². The molecule has 0 saturated carbocycles. The second-order valence-electron chi connectivity index (χ2n) is 3.85. The number of nitrogens with two attached hydrogens (primary N) is 1. The van der Waals surface area contributed by atoms with Gasteiger partial charge in [0.1, 0.15) is 6.10 Å². The third kappa shape index (κ3) is 3.03. The third-order valence-corrected chi connectivity index (χ3v) is 3.59. The van der Waals surface area contributed by atoms with Gasteiger partial charge in [-0.25, -0.2) is 0 Å². The Kier molecular flexibility index (Phi) is 4.61. The quantitative estimate of drug-likeness (QED) is 0.870. The fourth-order valence-corrected chi connectivity index (χ4v) is 2.54. The van der Waals surface area contributed by atoms with Crippen molar-refractivity contribution in [3.05, 3.63) is 46.7 Å². The number of para-hydroxylation sites is 2. The van der Waals surface area contributed by atoms with Gasteiger partial charge in [0, 0.05) is 11.3 Å². The number of hydrogen-bond acceptors (Lipinski definition) is 4. The summed E-state index contributed by atoms with van der Waals surface area (Å²) in [7, 11) is 1.64. The first-order valence-corrected chi connectivity index (χ1v) is 6.76. The molecule has 1 heterocycles. The van der Waals surface area contributed by atoms with Crippen molar-refractivity contribution < 1.29 is 9.47 Å². The molecule has 0 bridgehead atoms. The first-order valence-electron chi connectivity index (χ1n) is 5.88. The molecule has 96 valence electrons. The molecule has 4 heteroatoms. The maximum absolute atomic E-state index is 6.03. The Balaban J connectivity index is 2.18. The molecule has 2 aromatic rings. The van der Waals surface area contributed by atoms with Gasteiger partial charge in [-0.15, -0.1) is 11.3 Å². The van der Waals surface area contributed by atoms with Crippen LogP contribution in [-0.2, 0) is 0 Å². The highest BCUT2D eigenvalue weighted by Crippen LogP contribution is 2.33. The standard InChI is InChI=1S/C14H17NO2S/c1-16-11-5-2-3-6-12(11)17-13(8-9-15)14-7-4-10-18-14/h2-7,10,13H,8-9,15H2,1H3. The minimum Gasteiger partial charge on any atom is -0.493 e. The average Bonchev–Trinajstić information content (AvgIpc) is 2.92. The number of rotatable bonds is 6. The Morgan fingerprint density at radius 1 is 1.17 bits per heavy atom. The largest absolute Gasteiger partial charge is 0.493 e. The maximum Gasteiger partial charge on any atom is 0.162 e. The van der Waals surface area contributed by atoms with E-state index in [1.807, 2.05) is 35.7 Å². The van der Waals surface area contributed by atoms with E-state index < -0.39 is 0 Å². The van der Waals surface area contributed by atoms with Gasteiger partial charge in [-0.1, -0.05) is 18.2 Å². The zero-order valence-electron chi connectivity index (χ0n) is 10.3. The van der Waals surface area contributed by atoms with Crippen LogP contribution in [0.4, 0.5) is 0 Å². The Morgan fingerprint density at radius 3 is 2.56 bits per heavy atom. The number of methoxy groups -OCH3 is 1. The lowest BCUT2D eigenvalue weighted by atomic mass is 10.2. The van der Waals surface area contributed by atoms with Gasteiger partial charge in [-0.05, 0) is 30.1 Å². The summed E-state index contributed by atoms with van der Waals surface area (Å²) in [6.45, 7) is 0.595. The van der Waals surface area contributed by atoms with Crippen molar-refractivity contribution in [1.29, 1.82) is 0 Å². The number of thiophene rings is 1. The van der Waals surface area contributed by atoms with Gasteiger partial charge in [0.05, 0.1) is 7.11 Å². The van der Waals surface area contributed by atoms with Crippen molar-refractivity contribution in [2.24, 2.45) is 5.73 Å². The molecule has 0 amide bonds. The van der Waals surface area contributed by atoms with Gasteiger partial charge in [-0.2, -0.15) is 0 Å². The van der Waals surface area contributed by atoms with Crippen LogP contribution < -0.4 is 15.2 Å². The molecule has 0 aliphatic rings. The van der Waals surface area contributed by atoms with Gasteiger partial charge in [0.2, 0.25) is 0 Å². The van der Waals surface area contributed by atoms with E-state index in [0.29, 0.717) is 6.54 Å². The second kappa shape index (κ2) is 6.42. The summed E-state index contributed by atoms with van der Waals surface area (Å²) in [5.41, 5.74) is 5.65. The second-order valence-corrected chi connectivity index (χ2v) is 4.83. The van der Waals surface area contributed by atoms with Crippen LogP contribution in [0.25, 0.3) is 0 Å². The molecular weight excluding hydrogens is 246 g/mol. The van der Waals surface area contributed by atoms with E-state index in [2.05, 4.69) is 6.07 Å². The van der Waals surface area contributed by atoms with E-state index in [0.717, 1.165) is 17.9 Å². The molecule has 1 atom stereocenters. The molecule has 0 spiro atoms. The van der Waals surface area contributed by atoms with Gasteiger partial charge < -0.3 is 15.2 Å². The van der Waals surface area contributed by atoms with E-state index >= 15 is 0 Å². The Labute approximate surface area is 111 Å². The van der Waals surface area contributed by atoms with Gasteiger partial charge >= 0.3 is 0 Å². The molecule has 0 aliphatic carbocycles. The summed E-state index contributed by atoms with van der Waals surface area (Å²) >= 11 is 1.68. The smallest absolute Gasteiger partial charge is 0.162 e. The molecule has 1 aromatic heterocycles. The van der Waals surface area contributed by atoms with Gasteiger partial charge in [0.25, 0.3) is 0 Å². The van der Waals surface area contributed by atoms with Crippen LogP contribution in [0, 0.1) is 0 Å². The van der Waals surface area contributed by atoms with Gasteiger partial charge in [0.15, 0.2) is 11.5 Å². The van der Waals surface area contributed by atoms with E-state index in [1.54, 1.807) is 18.4 Å². The van der Waals surface area contributed by atoms with Crippen LogP contribution >= 0.6 is 11.3 Å². The average molecular weight is 263 g/mol. The molecule has 0 aliphatic heterocycles. The first kappa shape index (κ1) is 12.9. The molecule has 2 N–H and O–H groups in total. The Bertz CT molecular complexity index is 470. The minimum atomic E-state index is -0.00806. The first-order chi connectivity index (χ1) is 8.85. The molecule has 1 aromatic carbocycles. The lowest BCUT2D eigenvalue weighted by Gasteiger charge is -2.18. The van der Waals surface area contributed by atoms with Crippen molar-refractivity contribution in [1.82, 2.24) is 0 Å². The number of benzene rings is 1. The van der Waals surface area contributed by atoms with Crippen LogP contribution in [0.3, 0.4) is 0 Å². The molecule has 2 rings (SSSR count). The van der Waals surface area contributed by atoms with Crippen LogP contribution in [0.2, 0.25) is 0 Å². The zero-order chi connectivity index (χ0) is 12.8. The lowest BCUT2D eigenvalue weighted by molar-refractivity contribution is 0.193. The molecule has 0 saturated heterocycles. The lowest BCUT2D eigenvalue weighted by Crippen LogP contribution is -2.12. The van der Waals surface area contributed by atoms with Crippen LogP contribution in [0.15, 0.2) is 41.8 Å². The van der Waals surface area contributed by atoms with Crippen LogP contribution in [0.1, 0.15) is 17.4 Å². The highest BCUT2D eigenvalue weighted by molar-refractivity contribution is 7.10. The highest BCUT2D eigenvalue weighted by Gasteiger charge is 2.15. The highest BCUT2D eigenvalue weighted by atomic mass is 32.1. The number of hydrogen-bond donors (Lipinski definition) is 1. The van der Waals surface area contributed by atoms with Crippen molar-refractivity contribution in [2.75, 3.05) is 13.7 Å². The summed E-state index contributed by atoms with van der Waals surface area (Å²) in [4.78, 5) is 1.19. The minimum absolute atomic E-state index is 0.00806. The maximum atomic E-state index is 6.03. The van der Waals surface area contributed by atoms with Crippen LogP contribution in [0.5, 0.6) is 11.5 Å². The van der Waals surface area contributed by atoms with Crippen molar-refractivity contribution in [3.63, 3.8) is 0 Å². The SMILES string of the molecule is COc1ccccc1OC(CCN)c1cccs1. The number of ether oxygens (including phenoxy) is 2. The Hall–Kier alpha value is -1.52. The van der Waals surface area contributed by atoms with Crippen molar-refractivity contribution in [3.8, 4) is 11.5 Å². The molecule has 0 fully saturated rings. The normalized spacial score (nSPS) is 12.1. The van der Waals surface area contributed by atoms with Gasteiger partial charge in [-0.3, -0.25) is 0 Å². The van der Waals surface area contributed by atoms with E-state index in [-0.39, 0.29) is 6.10 Å². The predicted octanol–water partition coefficient (Wildman–Crippen LogP) is 3.23. The predicted molar refractivity (Wildman–Crippen MR) is 74.4 cm³/mol. The van der Waals surface area contributed by atoms with Crippen LogP contribution in [-0.4, -0.2) is 13.7 Å². The monoisotopic (exact) mass is 263 g/mol. The molecule has 18 heavy (non-hydrogen) atoms. The molecule has 1 unspecified atom stereocenters. The third-order valence-electron chi connectivity index (χ3n) is 2.63. The summed E-state index contributed by atoms with van der Waals surface area (Å²) in [5.74, 6) is 1.50. The van der Waals surface area contributed by atoms with E-state index in [4.69, 9.17) is 15.2 Å². The topological polar surface area (TPSA) is 44.5 Å². The van der Waals surface area contributed by atoms with E-state index in [9.17, 15) is 0 Å². The molecular formula is C14H17NO2S. The Morgan fingerprint density at radius 2 is 1.94 bits per heavy atom. The zero-order valence-corrected chi connectivity index (χ0v) is 11.2. The summed E-state index contributed by atoms with van der Waals surface area (Å²) in [6.07, 6.45) is 0.782. The molecule has 0 radical (unpaired) electrons. The fourth-order valence-electron chi connectivity index (χ4n) is 1.75. The van der Waals surface area contributed by atoms with Crippen molar-refractivity contribution in [2.45, 2.75) is 12.5 Å². The molecule has 3 nitrogen and oxygen atoms in total. The fraction of sp³-hybridized carbons (Fsp3) is 0.286. The van der Waals surface area contributed by atoms with Crippen molar-refractivity contribution >= 4 is 11.3 Å². The summed E-state index contributed by atoms with van der Waals surface area (Å²) in [6, 6.07) is 11.8. The summed E-state index contributed by atoms with van der Waals surface area (Å²) in [5, 5.41) is 2.05. The summed E-state index contributed by atoms with van der Waals surface area (Å²) < 4.78 is 11.3.